The summed E-state index contributed by atoms with van der Waals surface area (Å²) < 4.78 is 7.40. The van der Waals surface area contributed by atoms with E-state index in [-0.39, 0.29) is 18.4 Å². The second-order valence-corrected chi connectivity index (χ2v) is 6.28. The minimum Gasteiger partial charge on any atom is -0.356 e. The van der Waals surface area contributed by atoms with Gasteiger partial charge in [0.25, 0.3) is 5.91 Å². The van der Waals surface area contributed by atoms with Gasteiger partial charge in [0.15, 0.2) is 6.10 Å². The number of halogens is 1. The molecule has 2 heterocycles. The molecule has 0 bridgehead atoms. The predicted molar refractivity (Wildman–Crippen MR) is 94.5 cm³/mol. The van der Waals surface area contributed by atoms with Crippen LogP contribution in [0.4, 0.5) is 0 Å². The van der Waals surface area contributed by atoms with Crippen molar-refractivity contribution in [3.8, 4) is 0 Å². The van der Waals surface area contributed by atoms with Crippen molar-refractivity contribution in [3.63, 3.8) is 0 Å². The molecular formula is C17H20ClN5O3. The SMILES string of the molecule is CCn1cnnc1CCNC(=O)[C@H]1OCC(=O)N[C@@H]1c1ccccc1Cl. The van der Waals surface area contributed by atoms with Crippen LogP contribution in [0.1, 0.15) is 24.4 Å². The highest BCUT2D eigenvalue weighted by Crippen LogP contribution is 2.28. The van der Waals surface area contributed by atoms with Gasteiger partial charge in [0.1, 0.15) is 18.8 Å². The molecule has 8 nitrogen and oxygen atoms in total. The Morgan fingerprint density at radius 3 is 3.04 bits per heavy atom. The normalized spacial score (nSPS) is 19.8. The Labute approximate surface area is 155 Å². The van der Waals surface area contributed by atoms with Crippen LogP contribution in [0, 0.1) is 0 Å². The Morgan fingerprint density at radius 2 is 2.27 bits per heavy atom. The van der Waals surface area contributed by atoms with Crippen LogP contribution < -0.4 is 10.6 Å². The molecule has 0 aliphatic carbocycles. The third-order valence-electron chi connectivity index (χ3n) is 4.20. The fraction of sp³-hybridized carbons (Fsp3) is 0.412. The summed E-state index contributed by atoms with van der Waals surface area (Å²) in [6, 6.07) is 6.44. The number of aryl methyl sites for hydroxylation is 1. The lowest BCUT2D eigenvalue weighted by molar-refractivity contribution is -0.148. The van der Waals surface area contributed by atoms with Gasteiger partial charge >= 0.3 is 0 Å². The zero-order valence-corrected chi connectivity index (χ0v) is 15.1. The molecule has 2 amide bonds. The van der Waals surface area contributed by atoms with Crippen LogP contribution in [-0.4, -0.2) is 45.8 Å². The molecule has 0 spiro atoms. The van der Waals surface area contributed by atoms with Gasteiger partial charge in [-0.05, 0) is 18.6 Å². The molecule has 1 saturated heterocycles. The molecule has 3 rings (SSSR count). The fourth-order valence-corrected chi connectivity index (χ4v) is 3.14. The van der Waals surface area contributed by atoms with E-state index in [1.807, 2.05) is 11.5 Å². The van der Waals surface area contributed by atoms with E-state index in [9.17, 15) is 9.59 Å². The molecular weight excluding hydrogens is 358 g/mol. The molecule has 9 heteroatoms. The Bertz CT molecular complexity index is 794. The number of benzene rings is 1. The molecule has 1 aliphatic rings. The largest absolute Gasteiger partial charge is 0.356 e. The van der Waals surface area contributed by atoms with E-state index < -0.39 is 12.1 Å². The maximum Gasteiger partial charge on any atom is 0.251 e. The van der Waals surface area contributed by atoms with Crippen molar-refractivity contribution in [1.29, 1.82) is 0 Å². The summed E-state index contributed by atoms with van der Waals surface area (Å²) in [6.45, 7) is 2.99. The Morgan fingerprint density at radius 1 is 1.46 bits per heavy atom. The molecule has 2 N–H and O–H groups in total. The van der Waals surface area contributed by atoms with Crippen molar-refractivity contribution in [1.82, 2.24) is 25.4 Å². The van der Waals surface area contributed by atoms with Crippen LogP contribution in [0.15, 0.2) is 30.6 Å². The molecule has 26 heavy (non-hydrogen) atoms. The highest BCUT2D eigenvalue weighted by atomic mass is 35.5. The van der Waals surface area contributed by atoms with Crippen LogP contribution in [0.5, 0.6) is 0 Å². The molecule has 138 valence electrons. The van der Waals surface area contributed by atoms with E-state index in [2.05, 4.69) is 20.8 Å². The van der Waals surface area contributed by atoms with Gasteiger partial charge in [0.2, 0.25) is 5.91 Å². The third kappa shape index (κ3) is 4.03. The Hall–Kier alpha value is -2.45. The molecule has 0 saturated carbocycles. The van der Waals surface area contributed by atoms with Crippen LogP contribution in [0.2, 0.25) is 5.02 Å². The number of ether oxygens (including phenoxy) is 1. The zero-order chi connectivity index (χ0) is 18.5. The first-order chi connectivity index (χ1) is 12.6. The van der Waals surface area contributed by atoms with E-state index in [4.69, 9.17) is 16.3 Å². The molecule has 0 radical (unpaired) electrons. The average Bonchev–Trinajstić information content (AvgIpc) is 3.09. The van der Waals surface area contributed by atoms with E-state index in [1.54, 1.807) is 30.6 Å². The first-order valence-corrected chi connectivity index (χ1v) is 8.77. The third-order valence-corrected chi connectivity index (χ3v) is 4.54. The number of nitrogens with zero attached hydrogens (tertiary/aromatic N) is 3. The molecule has 2 aromatic rings. The zero-order valence-electron chi connectivity index (χ0n) is 14.3. The van der Waals surface area contributed by atoms with E-state index in [1.165, 1.54) is 0 Å². The summed E-state index contributed by atoms with van der Waals surface area (Å²) in [5, 5.41) is 14.0. The number of carbonyl (C=O) groups is 2. The van der Waals surface area contributed by atoms with Crippen LogP contribution in [0.25, 0.3) is 0 Å². The number of amides is 2. The summed E-state index contributed by atoms with van der Waals surface area (Å²) in [6.07, 6.45) is 1.36. The smallest absolute Gasteiger partial charge is 0.251 e. The second kappa shape index (κ2) is 8.29. The summed E-state index contributed by atoms with van der Waals surface area (Å²) in [7, 11) is 0. The maximum absolute atomic E-state index is 12.6. The highest BCUT2D eigenvalue weighted by molar-refractivity contribution is 6.31. The van der Waals surface area contributed by atoms with Crippen LogP contribution in [-0.2, 0) is 27.3 Å². The number of carbonyl (C=O) groups excluding carboxylic acids is 2. The first kappa shape index (κ1) is 18.3. The predicted octanol–water partition coefficient (Wildman–Crippen LogP) is 0.866. The number of hydrogen-bond donors (Lipinski definition) is 2. The standard InChI is InChI=1S/C17H20ClN5O3/c1-2-23-10-20-22-13(23)7-8-19-17(25)16-15(21-14(24)9-26-16)11-5-3-4-6-12(11)18/h3-6,10,15-16H,2,7-9H2,1H3,(H,19,25)(H,21,24)/t15-,16+/m1/s1. The van der Waals surface area contributed by atoms with Crippen molar-refractivity contribution in [2.75, 3.05) is 13.2 Å². The number of rotatable bonds is 6. The van der Waals surface area contributed by atoms with Gasteiger partial charge < -0.3 is 19.9 Å². The van der Waals surface area contributed by atoms with E-state index in [0.29, 0.717) is 23.6 Å². The van der Waals surface area contributed by atoms with Gasteiger partial charge in [-0.3, -0.25) is 9.59 Å². The molecule has 1 aliphatic heterocycles. The number of morpholine rings is 1. The van der Waals surface area contributed by atoms with Gasteiger partial charge in [0.05, 0.1) is 6.04 Å². The van der Waals surface area contributed by atoms with Crippen molar-refractivity contribution >= 4 is 23.4 Å². The van der Waals surface area contributed by atoms with Crippen LogP contribution in [0.3, 0.4) is 0 Å². The summed E-state index contributed by atoms with van der Waals surface area (Å²) in [5.41, 5.74) is 0.646. The molecule has 1 fully saturated rings. The monoisotopic (exact) mass is 377 g/mol. The van der Waals surface area contributed by atoms with Gasteiger partial charge in [-0.1, -0.05) is 29.8 Å². The van der Waals surface area contributed by atoms with Crippen LogP contribution >= 0.6 is 11.6 Å². The summed E-state index contributed by atoms with van der Waals surface area (Å²) >= 11 is 6.22. The Kier molecular flexibility index (Phi) is 5.85. The number of nitrogens with one attached hydrogen (secondary N) is 2. The fourth-order valence-electron chi connectivity index (χ4n) is 2.88. The van der Waals surface area contributed by atoms with Gasteiger partial charge in [0, 0.05) is 24.5 Å². The molecule has 0 unspecified atom stereocenters. The van der Waals surface area contributed by atoms with Crippen molar-refractivity contribution < 1.29 is 14.3 Å². The summed E-state index contributed by atoms with van der Waals surface area (Å²) in [4.78, 5) is 24.3. The lowest BCUT2D eigenvalue weighted by atomic mass is 9.99. The minimum absolute atomic E-state index is 0.163. The number of aromatic nitrogens is 3. The second-order valence-electron chi connectivity index (χ2n) is 5.87. The van der Waals surface area contributed by atoms with Gasteiger partial charge in [-0.2, -0.15) is 0 Å². The minimum atomic E-state index is -0.850. The van der Waals surface area contributed by atoms with Gasteiger partial charge in [-0.25, -0.2) is 0 Å². The van der Waals surface area contributed by atoms with E-state index in [0.717, 1.165) is 12.4 Å². The Balaban J connectivity index is 1.66. The van der Waals surface area contributed by atoms with Gasteiger partial charge in [-0.15, -0.1) is 10.2 Å². The van der Waals surface area contributed by atoms with Crippen molar-refractivity contribution in [2.24, 2.45) is 0 Å². The number of hydrogen-bond acceptors (Lipinski definition) is 5. The highest BCUT2D eigenvalue weighted by Gasteiger charge is 2.36. The van der Waals surface area contributed by atoms with E-state index >= 15 is 0 Å². The quantitative estimate of drug-likeness (QED) is 0.778. The topological polar surface area (TPSA) is 98.1 Å². The lowest BCUT2D eigenvalue weighted by Crippen LogP contribution is -2.52. The summed E-state index contributed by atoms with van der Waals surface area (Å²) in [5.74, 6) is 0.209. The lowest BCUT2D eigenvalue weighted by Gasteiger charge is -2.32. The molecule has 1 aromatic carbocycles. The van der Waals surface area contributed by atoms with Crippen molar-refractivity contribution in [2.45, 2.75) is 32.0 Å². The van der Waals surface area contributed by atoms with Crippen molar-refractivity contribution in [3.05, 3.63) is 47.0 Å². The average molecular weight is 378 g/mol. The first-order valence-electron chi connectivity index (χ1n) is 8.40. The molecule has 2 atom stereocenters. The maximum atomic E-state index is 12.6. The molecule has 1 aromatic heterocycles.